The Kier molecular flexibility index (Phi) is 7.12. The van der Waals surface area contributed by atoms with E-state index >= 15 is 0 Å². The molecule has 2 aromatic carbocycles. The zero-order chi connectivity index (χ0) is 18.4. The van der Waals surface area contributed by atoms with E-state index in [1.54, 1.807) is 30.3 Å². The van der Waals surface area contributed by atoms with Crippen LogP contribution in [-0.2, 0) is 11.2 Å². The first-order valence-electron chi connectivity index (χ1n) is 8.01. The average Bonchev–Trinajstić information content (AvgIpc) is 2.56. The summed E-state index contributed by atoms with van der Waals surface area (Å²) in [5.74, 6) is 0.421. The van der Waals surface area contributed by atoms with Crippen LogP contribution >= 0.6 is 23.2 Å². The highest BCUT2D eigenvalue weighted by atomic mass is 35.5. The van der Waals surface area contributed by atoms with Crippen molar-refractivity contribution in [1.82, 2.24) is 5.32 Å². The van der Waals surface area contributed by atoms with Crippen LogP contribution in [0, 0.1) is 0 Å². The Morgan fingerprint density at radius 3 is 2.44 bits per heavy atom. The Morgan fingerprint density at radius 2 is 1.80 bits per heavy atom. The van der Waals surface area contributed by atoms with Crippen LogP contribution in [0.5, 0.6) is 5.75 Å². The molecule has 6 heteroatoms. The summed E-state index contributed by atoms with van der Waals surface area (Å²) in [6.45, 7) is 3.96. The average molecular weight is 382 g/mol. The van der Waals surface area contributed by atoms with E-state index in [9.17, 15) is 9.90 Å². The molecule has 0 aliphatic carbocycles. The lowest BCUT2D eigenvalue weighted by atomic mass is 10.1. The second-order valence-corrected chi connectivity index (χ2v) is 6.75. The Morgan fingerprint density at radius 1 is 1.16 bits per heavy atom. The quantitative estimate of drug-likeness (QED) is 0.756. The van der Waals surface area contributed by atoms with Crippen molar-refractivity contribution in [3.05, 3.63) is 63.6 Å². The Hall–Kier alpha value is -1.75. The molecule has 0 saturated carbocycles. The van der Waals surface area contributed by atoms with Crippen molar-refractivity contribution in [2.45, 2.75) is 32.5 Å². The summed E-state index contributed by atoms with van der Waals surface area (Å²) in [5.41, 5.74) is 1.25. The van der Waals surface area contributed by atoms with E-state index in [2.05, 4.69) is 5.32 Å². The number of carbonyl (C=O) groups is 1. The number of carbonyl (C=O) groups excluding carboxylic acids is 1. The van der Waals surface area contributed by atoms with Crippen molar-refractivity contribution in [2.75, 3.05) is 6.54 Å². The third-order valence-electron chi connectivity index (χ3n) is 3.51. The van der Waals surface area contributed by atoms with E-state index in [0.29, 0.717) is 26.9 Å². The van der Waals surface area contributed by atoms with Crippen molar-refractivity contribution in [1.29, 1.82) is 0 Å². The Balaban J connectivity index is 1.93. The third kappa shape index (κ3) is 5.92. The summed E-state index contributed by atoms with van der Waals surface area (Å²) >= 11 is 12.1. The van der Waals surface area contributed by atoms with Gasteiger partial charge in [-0.05, 0) is 49.2 Å². The molecule has 0 spiro atoms. The molecule has 25 heavy (non-hydrogen) atoms. The molecule has 0 radical (unpaired) electrons. The molecule has 0 aliphatic rings. The molecule has 1 unspecified atom stereocenters. The molecule has 2 N–H and O–H groups in total. The predicted molar refractivity (Wildman–Crippen MR) is 100 cm³/mol. The number of benzene rings is 2. The molecule has 134 valence electrons. The number of aliphatic hydroxyl groups excluding tert-OH is 1. The van der Waals surface area contributed by atoms with E-state index in [1.807, 2.05) is 26.0 Å². The fourth-order valence-electron chi connectivity index (χ4n) is 2.32. The standard InChI is InChI=1S/C19H21Cl2NO3/c1-12(2)25-14-6-3-5-13(9-14)18(23)11-22-19(24)10-15-16(20)7-4-8-17(15)21/h3-9,12,18,23H,10-11H2,1-2H3,(H,22,24). The molecule has 0 aromatic heterocycles. The van der Waals surface area contributed by atoms with E-state index in [0.717, 1.165) is 0 Å². The van der Waals surface area contributed by atoms with Gasteiger partial charge in [-0.15, -0.1) is 0 Å². The monoisotopic (exact) mass is 381 g/mol. The van der Waals surface area contributed by atoms with Crippen molar-refractivity contribution in [2.24, 2.45) is 0 Å². The highest BCUT2D eigenvalue weighted by Gasteiger charge is 2.14. The maximum Gasteiger partial charge on any atom is 0.224 e. The van der Waals surface area contributed by atoms with Crippen LogP contribution < -0.4 is 10.1 Å². The number of nitrogens with one attached hydrogen (secondary N) is 1. The van der Waals surface area contributed by atoms with E-state index in [1.165, 1.54) is 0 Å². The number of rotatable bonds is 7. The first kappa shape index (κ1) is 19.6. The van der Waals surface area contributed by atoms with Crippen LogP contribution in [0.3, 0.4) is 0 Å². The van der Waals surface area contributed by atoms with E-state index < -0.39 is 6.10 Å². The summed E-state index contributed by atoms with van der Waals surface area (Å²) in [6, 6.07) is 12.3. The van der Waals surface area contributed by atoms with Gasteiger partial charge in [0.2, 0.25) is 5.91 Å². The Bertz CT molecular complexity index is 714. The van der Waals surface area contributed by atoms with Crippen molar-refractivity contribution in [3.8, 4) is 5.75 Å². The minimum atomic E-state index is -0.832. The largest absolute Gasteiger partial charge is 0.491 e. The maximum atomic E-state index is 12.1. The lowest BCUT2D eigenvalue weighted by Gasteiger charge is -2.15. The minimum Gasteiger partial charge on any atom is -0.491 e. The zero-order valence-electron chi connectivity index (χ0n) is 14.1. The minimum absolute atomic E-state index is 0.0486. The van der Waals surface area contributed by atoms with Gasteiger partial charge in [-0.2, -0.15) is 0 Å². The molecule has 0 fully saturated rings. The van der Waals surface area contributed by atoms with Gasteiger partial charge in [-0.3, -0.25) is 4.79 Å². The van der Waals surface area contributed by atoms with Gasteiger partial charge >= 0.3 is 0 Å². The van der Waals surface area contributed by atoms with Crippen molar-refractivity contribution < 1.29 is 14.6 Å². The molecule has 1 atom stereocenters. The lowest BCUT2D eigenvalue weighted by molar-refractivity contribution is -0.120. The molecular formula is C19H21Cl2NO3. The van der Waals surface area contributed by atoms with Gasteiger partial charge in [-0.25, -0.2) is 0 Å². The first-order chi connectivity index (χ1) is 11.9. The van der Waals surface area contributed by atoms with Crippen molar-refractivity contribution in [3.63, 3.8) is 0 Å². The van der Waals surface area contributed by atoms with Gasteiger partial charge in [-0.1, -0.05) is 41.4 Å². The van der Waals surface area contributed by atoms with Gasteiger partial charge in [0.15, 0.2) is 0 Å². The van der Waals surface area contributed by atoms with Crippen LogP contribution in [0.1, 0.15) is 31.1 Å². The van der Waals surface area contributed by atoms with Crippen molar-refractivity contribution >= 4 is 29.1 Å². The second kappa shape index (κ2) is 9.09. The summed E-state index contributed by atoms with van der Waals surface area (Å²) in [6.07, 6.45) is -0.726. The van der Waals surface area contributed by atoms with E-state index in [4.69, 9.17) is 27.9 Å². The summed E-state index contributed by atoms with van der Waals surface area (Å²) < 4.78 is 5.61. The van der Waals surface area contributed by atoms with Gasteiger partial charge in [0.05, 0.1) is 18.6 Å². The SMILES string of the molecule is CC(C)Oc1cccc(C(O)CNC(=O)Cc2c(Cl)cccc2Cl)c1. The molecule has 2 aromatic rings. The molecule has 0 heterocycles. The number of amides is 1. The fraction of sp³-hybridized carbons (Fsp3) is 0.316. The Labute approximate surface area is 157 Å². The summed E-state index contributed by atoms with van der Waals surface area (Å²) in [5, 5.41) is 13.9. The molecule has 0 bridgehead atoms. The lowest BCUT2D eigenvalue weighted by Crippen LogP contribution is -2.29. The molecule has 4 nitrogen and oxygen atoms in total. The number of hydrogen-bond donors (Lipinski definition) is 2. The number of aliphatic hydroxyl groups is 1. The van der Waals surface area contributed by atoms with Crippen LogP contribution in [0.2, 0.25) is 10.0 Å². The molecule has 0 saturated heterocycles. The van der Waals surface area contributed by atoms with Gasteiger partial charge in [0.25, 0.3) is 0 Å². The third-order valence-corrected chi connectivity index (χ3v) is 4.21. The molecule has 0 aliphatic heterocycles. The molecule has 2 rings (SSSR count). The topological polar surface area (TPSA) is 58.6 Å². The highest BCUT2D eigenvalue weighted by molar-refractivity contribution is 6.36. The van der Waals surface area contributed by atoms with Gasteiger partial charge < -0.3 is 15.2 Å². The molecule has 1 amide bonds. The summed E-state index contributed by atoms with van der Waals surface area (Å²) in [7, 11) is 0. The number of halogens is 2. The fourth-order valence-corrected chi connectivity index (χ4v) is 2.85. The molecular weight excluding hydrogens is 361 g/mol. The highest BCUT2D eigenvalue weighted by Crippen LogP contribution is 2.25. The van der Waals surface area contributed by atoms with Gasteiger partial charge in [0.1, 0.15) is 5.75 Å². The smallest absolute Gasteiger partial charge is 0.224 e. The number of hydrogen-bond acceptors (Lipinski definition) is 3. The normalized spacial score (nSPS) is 12.1. The first-order valence-corrected chi connectivity index (χ1v) is 8.76. The number of ether oxygens (including phenoxy) is 1. The van der Waals surface area contributed by atoms with Crippen LogP contribution in [-0.4, -0.2) is 23.7 Å². The predicted octanol–water partition coefficient (Wildman–Crippen LogP) is 4.17. The van der Waals surface area contributed by atoms with Crippen LogP contribution in [0.4, 0.5) is 0 Å². The van der Waals surface area contributed by atoms with E-state index in [-0.39, 0.29) is 25.0 Å². The second-order valence-electron chi connectivity index (χ2n) is 5.94. The maximum absolute atomic E-state index is 12.1. The van der Waals surface area contributed by atoms with Crippen LogP contribution in [0.25, 0.3) is 0 Å². The zero-order valence-corrected chi connectivity index (χ0v) is 15.6. The van der Waals surface area contributed by atoms with Crippen LogP contribution in [0.15, 0.2) is 42.5 Å². The van der Waals surface area contributed by atoms with Gasteiger partial charge in [0, 0.05) is 16.6 Å². The summed E-state index contributed by atoms with van der Waals surface area (Å²) in [4.78, 5) is 12.1.